The van der Waals surface area contributed by atoms with Crippen molar-refractivity contribution in [2.24, 2.45) is 0 Å². The van der Waals surface area contributed by atoms with Gasteiger partial charge in [-0.15, -0.1) is 0 Å². The average molecular weight is 243 g/mol. The maximum absolute atomic E-state index is 12.6. The molecule has 13 heavy (non-hydrogen) atoms. The summed E-state index contributed by atoms with van der Waals surface area (Å²) in [6.45, 7) is 1.70. The van der Waals surface area contributed by atoms with Crippen LogP contribution in [0.25, 0.3) is 6.08 Å². The number of hydrogen-bond donors (Lipinski definition) is 0. The van der Waals surface area contributed by atoms with Gasteiger partial charge in [0.2, 0.25) is 0 Å². The van der Waals surface area contributed by atoms with Crippen LogP contribution in [0.3, 0.4) is 0 Å². The van der Waals surface area contributed by atoms with Crippen molar-refractivity contribution < 1.29 is 9.18 Å². The SMILES string of the molecule is C/C(C=O)=C/c1ccc(F)cc1Br. The Balaban J connectivity index is 3.09. The summed E-state index contributed by atoms with van der Waals surface area (Å²) in [5.74, 6) is -0.298. The monoisotopic (exact) mass is 242 g/mol. The van der Waals surface area contributed by atoms with E-state index in [-0.39, 0.29) is 5.82 Å². The molecule has 0 aromatic heterocycles. The van der Waals surface area contributed by atoms with Crippen LogP contribution in [0.4, 0.5) is 4.39 Å². The predicted octanol–water partition coefficient (Wildman–Crippen LogP) is 3.19. The molecule has 0 bridgehead atoms. The van der Waals surface area contributed by atoms with Crippen molar-refractivity contribution >= 4 is 28.3 Å². The first-order chi connectivity index (χ1) is 6.13. The number of allylic oxidation sites excluding steroid dienone is 1. The molecule has 0 spiro atoms. The normalized spacial score (nSPS) is 11.5. The quantitative estimate of drug-likeness (QED) is 0.575. The molecule has 0 aliphatic rings. The van der Waals surface area contributed by atoms with Crippen molar-refractivity contribution in [1.29, 1.82) is 0 Å². The van der Waals surface area contributed by atoms with Crippen LogP contribution in [0.5, 0.6) is 0 Å². The zero-order valence-corrected chi connectivity index (χ0v) is 8.64. The highest BCUT2D eigenvalue weighted by Gasteiger charge is 1.98. The van der Waals surface area contributed by atoms with Gasteiger partial charge in [-0.1, -0.05) is 22.0 Å². The molecule has 1 nitrogen and oxygen atoms in total. The fraction of sp³-hybridized carbons (Fsp3) is 0.100. The second-order valence-corrected chi connectivity index (χ2v) is 3.53. The highest BCUT2D eigenvalue weighted by Crippen LogP contribution is 2.20. The summed E-state index contributed by atoms with van der Waals surface area (Å²) in [6.07, 6.45) is 2.45. The number of rotatable bonds is 2. The minimum atomic E-state index is -0.298. The second-order valence-electron chi connectivity index (χ2n) is 2.67. The molecule has 3 heteroatoms. The maximum atomic E-state index is 12.6. The number of halogens is 2. The Morgan fingerprint density at radius 2 is 2.23 bits per heavy atom. The van der Waals surface area contributed by atoms with Crippen molar-refractivity contribution in [2.75, 3.05) is 0 Å². The van der Waals surface area contributed by atoms with Crippen molar-refractivity contribution in [2.45, 2.75) is 6.92 Å². The standard InChI is InChI=1S/C10H8BrFO/c1-7(6-13)4-8-2-3-9(12)5-10(8)11/h2-6H,1H3/b7-4-. The Morgan fingerprint density at radius 3 is 2.77 bits per heavy atom. The van der Waals surface area contributed by atoms with Gasteiger partial charge >= 0.3 is 0 Å². The molecule has 0 amide bonds. The first kappa shape index (κ1) is 10.1. The molecule has 0 radical (unpaired) electrons. The number of benzene rings is 1. The fourth-order valence-corrected chi connectivity index (χ4v) is 1.36. The fourth-order valence-electron chi connectivity index (χ4n) is 0.898. The van der Waals surface area contributed by atoms with E-state index < -0.39 is 0 Å². The summed E-state index contributed by atoms with van der Waals surface area (Å²) in [5, 5.41) is 0. The van der Waals surface area contributed by atoms with Crippen molar-refractivity contribution in [3.05, 3.63) is 39.6 Å². The van der Waals surface area contributed by atoms with Crippen LogP contribution in [0.1, 0.15) is 12.5 Å². The first-order valence-corrected chi connectivity index (χ1v) is 4.51. The van der Waals surface area contributed by atoms with Crippen LogP contribution in [0, 0.1) is 5.82 Å². The maximum Gasteiger partial charge on any atom is 0.145 e. The van der Waals surface area contributed by atoms with Gasteiger partial charge in [-0.05, 0) is 36.3 Å². The molecular formula is C10H8BrFO. The molecule has 1 rings (SSSR count). The second kappa shape index (κ2) is 4.33. The third-order valence-corrected chi connectivity index (χ3v) is 2.22. The van der Waals surface area contributed by atoms with E-state index in [1.165, 1.54) is 12.1 Å². The van der Waals surface area contributed by atoms with Gasteiger partial charge in [0.15, 0.2) is 0 Å². The molecular weight excluding hydrogens is 235 g/mol. The molecule has 0 N–H and O–H groups in total. The van der Waals surface area contributed by atoms with Gasteiger partial charge in [-0.2, -0.15) is 0 Å². The van der Waals surface area contributed by atoms with Crippen molar-refractivity contribution in [3.8, 4) is 0 Å². The molecule has 68 valence electrons. The van der Waals surface area contributed by atoms with E-state index in [9.17, 15) is 9.18 Å². The molecule has 0 unspecified atom stereocenters. The Hall–Kier alpha value is -0.960. The number of carbonyl (C=O) groups excluding carboxylic acids is 1. The summed E-state index contributed by atoms with van der Waals surface area (Å²) < 4.78 is 13.3. The third-order valence-electron chi connectivity index (χ3n) is 1.53. The molecule has 0 saturated carbocycles. The minimum Gasteiger partial charge on any atom is -0.298 e. The third kappa shape index (κ3) is 2.77. The molecule has 0 aliphatic heterocycles. The van der Waals surface area contributed by atoms with Crippen LogP contribution >= 0.6 is 15.9 Å². The zero-order valence-electron chi connectivity index (χ0n) is 7.05. The number of aldehydes is 1. The van der Waals surface area contributed by atoms with Crippen LogP contribution in [0.15, 0.2) is 28.2 Å². The van der Waals surface area contributed by atoms with E-state index in [1.54, 1.807) is 19.1 Å². The predicted molar refractivity (Wildman–Crippen MR) is 53.8 cm³/mol. The lowest BCUT2D eigenvalue weighted by Crippen LogP contribution is -1.81. The van der Waals surface area contributed by atoms with E-state index in [4.69, 9.17) is 0 Å². The van der Waals surface area contributed by atoms with Crippen LogP contribution in [0.2, 0.25) is 0 Å². The smallest absolute Gasteiger partial charge is 0.145 e. The van der Waals surface area contributed by atoms with Gasteiger partial charge < -0.3 is 0 Å². The lowest BCUT2D eigenvalue weighted by atomic mass is 10.1. The van der Waals surface area contributed by atoms with Crippen LogP contribution in [-0.4, -0.2) is 6.29 Å². The Morgan fingerprint density at radius 1 is 1.54 bits per heavy atom. The first-order valence-electron chi connectivity index (χ1n) is 3.72. The van der Waals surface area contributed by atoms with E-state index in [0.717, 1.165) is 11.8 Å². The molecule has 1 aromatic rings. The summed E-state index contributed by atoms with van der Waals surface area (Å²) in [6, 6.07) is 4.34. The van der Waals surface area contributed by atoms with E-state index in [1.807, 2.05) is 0 Å². The Kier molecular flexibility index (Phi) is 3.37. The lowest BCUT2D eigenvalue weighted by Gasteiger charge is -1.98. The molecule has 1 aromatic carbocycles. The zero-order chi connectivity index (χ0) is 9.84. The van der Waals surface area contributed by atoms with E-state index >= 15 is 0 Å². The lowest BCUT2D eigenvalue weighted by molar-refractivity contribution is -0.104. The van der Waals surface area contributed by atoms with Crippen molar-refractivity contribution in [1.82, 2.24) is 0 Å². The minimum absolute atomic E-state index is 0.298. The van der Waals surface area contributed by atoms with Gasteiger partial charge in [0.25, 0.3) is 0 Å². The highest BCUT2D eigenvalue weighted by atomic mass is 79.9. The summed E-state index contributed by atoms with van der Waals surface area (Å²) in [7, 11) is 0. The van der Waals surface area contributed by atoms with Gasteiger partial charge in [0, 0.05) is 4.47 Å². The van der Waals surface area contributed by atoms with Crippen molar-refractivity contribution in [3.63, 3.8) is 0 Å². The molecule has 0 saturated heterocycles. The highest BCUT2D eigenvalue weighted by molar-refractivity contribution is 9.10. The topological polar surface area (TPSA) is 17.1 Å². The van der Waals surface area contributed by atoms with E-state index in [2.05, 4.69) is 15.9 Å². The van der Waals surface area contributed by atoms with Gasteiger partial charge in [-0.3, -0.25) is 4.79 Å². The van der Waals surface area contributed by atoms with Gasteiger partial charge in [0.05, 0.1) is 0 Å². The van der Waals surface area contributed by atoms with E-state index in [0.29, 0.717) is 10.0 Å². The van der Waals surface area contributed by atoms with Gasteiger partial charge in [0.1, 0.15) is 12.1 Å². The Bertz CT molecular complexity index is 358. The number of hydrogen-bond acceptors (Lipinski definition) is 1. The molecule has 0 heterocycles. The summed E-state index contributed by atoms with van der Waals surface area (Å²) >= 11 is 3.20. The Labute approximate surface area is 84.4 Å². The largest absolute Gasteiger partial charge is 0.298 e. The average Bonchev–Trinajstić information content (AvgIpc) is 2.09. The van der Waals surface area contributed by atoms with Gasteiger partial charge in [-0.25, -0.2) is 4.39 Å². The molecule has 0 aliphatic carbocycles. The summed E-state index contributed by atoms with van der Waals surface area (Å²) in [5.41, 5.74) is 1.40. The molecule has 0 fully saturated rings. The number of carbonyl (C=O) groups is 1. The van der Waals surface area contributed by atoms with Crippen LogP contribution < -0.4 is 0 Å². The van der Waals surface area contributed by atoms with Crippen LogP contribution in [-0.2, 0) is 4.79 Å². The summed E-state index contributed by atoms with van der Waals surface area (Å²) in [4.78, 5) is 10.3. The molecule has 0 atom stereocenters.